The zero-order chi connectivity index (χ0) is 19.8. The standard InChI is InChI=1S/C21H25N5O3/c27-9-10-29-19-12-26(21(28)18-11-17(24-25-18)13-1-2-13)8-5-15(19)14-3-6-22-20-16(14)4-7-23-20/h3-4,6-7,11,13,15,19,27H,1-2,5,8-10,12H2,(H,22,23)(H,24,25). The van der Waals surface area contributed by atoms with Crippen LogP contribution in [-0.2, 0) is 4.74 Å². The van der Waals surface area contributed by atoms with Gasteiger partial charge in [-0.2, -0.15) is 5.10 Å². The van der Waals surface area contributed by atoms with Gasteiger partial charge in [0.1, 0.15) is 11.3 Å². The highest BCUT2D eigenvalue weighted by molar-refractivity contribution is 5.92. The van der Waals surface area contributed by atoms with E-state index in [1.54, 1.807) is 6.20 Å². The first-order chi connectivity index (χ1) is 14.2. The zero-order valence-corrected chi connectivity index (χ0v) is 16.2. The number of ether oxygens (including phenoxy) is 1. The van der Waals surface area contributed by atoms with Gasteiger partial charge in [-0.1, -0.05) is 0 Å². The molecule has 1 amide bonds. The molecular weight excluding hydrogens is 370 g/mol. The molecule has 1 saturated carbocycles. The van der Waals surface area contributed by atoms with E-state index in [2.05, 4.69) is 20.2 Å². The minimum Gasteiger partial charge on any atom is -0.394 e. The maximum Gasteiger partial charge on any atom is 0.274 e. The van der Waals surface area contributed by atoms with Gasteiger partial charge < -0.3 is 19.7 Å². The first-order valence-electron chi connectivity index (χ1n) is 10.2. The molecular formula is C21H25N5O3. The highest BCUT2D eigenvalue weighted by Gasteiger charge is 2.35. The Balaban J connectivity index is 1.37. The number of nitrogens with one attached hydrogen (secondary N) is 2. The molecule has 1 saturated heterocycles. The van der Waals surface area contributed by atoms with E-state index in [9.17, 15) is 9.90 Å². The van der Waals surface area contributed by atoms with Crippen molar-refractivity contribution < 1.29 is 14.6 Å². The molecule has 3 aromatic heterocycles. The number of likely N-dealkylation sites (tertiary alicyclic amines) is 1. The number of aliphatic hydroxyl groups is 1. The number of carbonyl (C=O) groups excluding carboxylic acids is 1. The number of carbonyl (C=O) groups is 1. The third-order valence-electron chi connectivity index (χ3n) is 6.00. The van der Waals surface area contributed by atoms with Crippen LogP contribution in [0.3, 0.4) is 0 Å². The Morgan fingerprint density at radius 2 is 2.21 bits per heavy atom. The molecule has 2 fully saturated rings. The van der Waals surface area contributed by atoms with Crippen molar-refractivity contribution in [3.63, 3.8) is 0 Å². The predicted octanol–water partition coefficient (Wildman–Crippen LogP) is 2.17. The Kier molecular flexibility index (Phi) is 4.81. The van der Waals surface area contributed by atoms with Gasteiger partial charge in [0.05, 0.1) is 19.3 Å². The smallest absolute Gasteiger partial charge is 0.274 e. The molecule has 29 heavy (non-hydrogen) atoms. The molecule has 4 heterocycles. The van der Waals surface area contributed by atoms with Gasteiger partial charge in [-0.05, 0) is 43.0 Å². The molecule has 0 bridgehead atoms. The van der Waals surface area contributed by atoms with Crippen molar-refractivity contribution in [2.75, 3.05) is 26.3 Å². The van der Waals surface area contributed by atoms with Crippen molar-refractivity contribution >= 4 is 16.9 Å². The Morgan fingerprint density at radius 1 is 1.31 bits per heavy atom. The van der Waals surface area contributed by atoms with Crippen molar-refractivity contribution in [1.29, 1.82) is 0 Å². The molecule has 8 nitrogen and oxygen atoms in total. The fourth-order valence-electron chi connectivity index (χ4n) is 4.35. The van der Waals surface area contributed by atoms with Gasteiger partial charge in [-0.3, -0.25) is 9.89 Å². The lowest BCUT2D eigenvalue weighted by atomic mass is 9.85. The fourth-order valence-corrected chi connectivity index (χ4v) is 4.35. The topological polar surface area (TPSA) is 107 Å². The minimum absolute atomic E-state index is 0.0445. The second kappa shape index (κ2) is 7.61. The van der Waals surface area contributed by atoms with Gasteiger partial charge in [0.15, 0.2) is 0 Å². The third kappa shape index (κ3) is 3.54. The molecule has 8 heteroatoms. The molecule has 1 aliphatic heterocycles. The van der Waals surface area contributed by atoms with E-state index in [1.165, 1.54) is 5.56 Å². The van der Waals surface area contributed by atoms with Crippen LogP contribution in [0.5, 0.6) is 0 Å². The maximum atomic E-state index is 13.0. The van der Waals surface area contributed by atoms with E-state index in [4.69, 9.17) is 4.74 Å². The molecule has 0 radical (unpaired) electrons. The number of pyridine rings is 1. The van der Waals surface area contributed by atoms with Crippen LogP contribution in [0.15, 0.2) is 30.6 Å². The third-order valence-corrected chi connectivity index (χ3v) is 6.00. The largest absolute Gasteiger partial charge is 0.394 e. The normalized spacial score (nSPS) is 22.3. The molecule has 152 valence electrons. The molecule has 1 aliphatic carbocycles. The number of hydrogen-bond donors (Lipinski definition) is 3. The summed E-state index contributed by atoms with van der Waals surface area (Å²) in [6, 6.07) is 5.95. The van der Waals surface area contributed by atoms with E-state index in [-0.39, 0.29) is 31.1 Å². The lowest BCUT2D eigenvalue weighted by Gasteiger charge is -2.38. The molecule has 2 atom stereocenters. The van der Waals surface area contributed by atoms with E-state index >= 15 is 0 Å². The highest BCUT2D eigenvalue weighted by Crippen LogP contribution is 2.39. The molecule has 5 rings (SSSR count). The van der Waals surface area contributed by atoms with Crippen LogP contribution in [-0.4, -0.2) is 68.5 Å². The number of amides is 1. The van der Waals surface area contributed by atoms with E-state index in [0.717, 1.165) is 36.0 Å². The van der Waals surface area contributed by atoms with Gasteiger partial charge in [-0.15, -0.1) is 0 Å². The summed E-state index contributed by atoms with van der Waals surface area (Å²) < 4.78 is 5.99. The van der Waals surface area contributed by atoms with Crippen LogP contribution in [0.4, 0.5) is 0 Å². The second-order valence-electron chi connectivity index (χ2n) is 7.90. The summed E-state index contributed by atoms with van der Waals surface area (Å²) in [6.45, 7) is 1.32. The summed E-state index contributed by atoms with van der Waals surface area (Å²) in [5.74, 6) is 0.602. The summed E-state index contributed by atoms with van der Waals surface area (Å²) in [4.78, 5) is 22.4. The molecule has 0 spiro atoms. The van der Waals surface area contributed by atoms with Crippen LogP contribution in [0.25, 0.3) is 11.0 Å². The van der Waals surface area contributed by atoms with E-state index < -0.39 is 0 Å². The van der Waals surface area contributed by atoms with Crippen LogP contribution in [0, 0.1) is 0 Å². The molecule has 3 N–H and O–H groups in total. The summed E-state index contributed by atoms with van der Waals surface area (Å²) in [6.07, 6.45) is 6.61. The average Bonchev–Trinajstić information content (AvgIpc) is 3.28. The van der Waals surface area contributed by atoms with Crippen molar-refractivity contribution in [2.45, 2.75) is 37.2 Å². The number of nitrogens with zero attached hydrogens (tertiary/aromatic N) is 3. The Hall–Kier alpha value is -2.71. The Morgan fingerprint density at radius 3 is 3.03 bits per heavy atom. The van der Waals surface area contributed by atoms with Gasteiger partial charge in [-0.25, -0.2) is 4.98 Å². The van der Waals surface area contributed by atoms with Gasteiger partial charge >= 0.3 is 0 Å². The predicted molar refractivity (Wildman–Crippen MR) is 107 cm³/mol. The molecule has 0 aromatic carbocycles. The van der Waals surface area contributed by atoms with Crippen molar-refractivity contribution in [3.05, 3.63) is 47.5 Å². The lowest BCUT2D eigenvalue weighted by Crippen LogP contribution is -2.47. The number of hydrogen-bond acceptors (Lipinski definition) is 5. The number of rotatable bonds is 6. The zero-order valence-electron chi connectivity index (χ0n) is 16.2. The summed E-state index contributed by atoms with van der Waals surface area (Å²) in [5, 5.41) is 17.6. The minimum atomic E-state index is -0.192. The SMILES string of the molecule is O=C(c1cc(C2CC2)[nH]n1)N1CCC(c2ccnc3[nH]ccc23)C(OCCO)C1. The van der Waals surface area contributed by atoms with Crippen LogP contribution in [0.1, 0.15) is 52.8 Å². The number of aromatic nitrogens is 4. The van der Waals surface area contributed by atoms with Crippen LogP contribution >= 0.6 is 0 Å². The summed E-state index contributed by atoms with van der Waals surface area (Å²) >= 11 is 0. The quantitative estimate of drug-likeness (QED) is 0.593. The monoisotopic (exact) mass is 395 g/mol. The van der Waals surface area contributed by atoms with Crippen molar-refractivity contribution in [1.82, 2.24) is 25.1 Å². The fraction of sp³-hybridized carbons (Fsp3) is 0.476. The van der Waals surface area contributed by atoms with Gasteiger partial charge in [0, 0.05) is 48.4 Å². The van der Waals surface area contributed by atoms with E-state index in [1.807, 2.05) is 29.3 Å². The number of aliphatic hydroxyl groups excluding tert-OH is 1. The van der Waals surface area contributed by atoms with Crippen molar-refractivity contribution in [2.24, 2.45) is 0 Å². The molecule has 2 unspecified atom stereocenters. The average molecular weight is 395 g/mol. The number of fused-ring (bicyclic) bond motifs is 1. The highest BCUT2D eigenvalue weighted by atomic mass is 16.5. The number of aromatic amines is 2. The van der Waals surface area contributed by atoms with Gasteiger partial charge in [0.2, 0.25) is 0 Å². The second-order valence-corrected chi connectivity index (χ2v) is 7.90. The van der Waals surface area contributed by atoms with Crippen molar-refractivity contribution in [3.8, 4) is 0 Å². The van der Waals surface area contributed by atoms with E-state index in [0.29, 0.717) is 24.7 Å². The Labute approximate surface area is 168 Å². The first kappa shape index (κ1) is 18.3. The summed E-state index contributed by atoms with van der Waals surface area (Å²) in [5.41, 5.74) is 3.55. The van der Waals surface area contributed by atoms with Crippen LogP contribution in [0.2, 0.25) is 0 Å². The molecule has 2 aliphatic rings. The number of piperidine rings is 1. The number of H-pyrrole nitrogens is 2. The maximum absolute atomic E-state index is 13.0. The Bertz CT molecular complexity index is 1010. The lowest BCUT2D eigenvalue weighted by molar-refractivity contribution is -0.0230. The van der Waals surface area contributed by atoms with Crippen LogP contribution < -0.4 is 0 Å². The first-order valence-corrected chi connectivity index (χ1v) is 10.2. The van der Waals surface area contributed by atoms with Gasteiger partial charge in [0.25, 0.3) is 5.91 Å². The summed E-state index contributed by atoms with van der Waals surface area (Å²) in [7, 11) is 0. The molecule has 3 aromatic rings.